The lowest BCUT2D eigenvalue weighted by atomic mass is 10.1. The van der Waals surface area contributed by atoms with Crippen molar-refractivity contribution in [3.05, 3.63) is 0 Å². The Morgan fingerprint density at radius 3 is 2.26 bits per heavy atom. The minimum Gasteiger partial charge on any atom is -0.356 e. The molecule has 0 heterocycles. The SMILES string of the molecule is CNCCCCCCCC(=O)NCCCNC(C)C. The van der Waals surface area contributed by atoms with Gasteiger partial charge in [0.25, 0.3) is 0 Å². The van der Waals surface area contributed by atoms with Gasteiger partial charge in [-0.05, 0) is 39.4 Å². The highest BCUT2D eigenvalue weighted by molar-refractivity contribution is 5.75. The van der Waals surface area contributed by atoms with Gasteiger partial charge in [0.15, 0.2) is 0 Å². The fourth-order valence-electron chi connectivity index (χ4n) is 1.91. The van der Waals surface area contributed by atoms with Crippen LogP contribution in [0, 0.1) is 0 Å². The van der Waals surface area contributed by atoms with Crippen molar-refractivity contribution in [1.29, 1.82) is 0 Å². The van der Waals surface area contributed by atoms with E-state index in [1.165, 1.54) is 25.7 Å². The van der Waals surface area contributed by atoms with E-state index in [1.54, 1.807) is 0 Å². The molecule has 0 saturated carbocycles. The Morgan fingerprint density at radius 1 is 0.895 bits per heavy atom. The summed E-state index contributed by atoms with van der Waals surface area (Å²) in [4.78, 5) is 11.5. The first-order valence-corrected chi connectivity index (χ1v) is 7.81. The van der Waals surface area contributed by atoms with E-state index >= 15 is 0 Å². The third-order valence-electron chi connectivity index (χ3n) is 3.06. The van der Waals surface area contributed by atoms with E-state index in [9.17, 15) is 4.79 Å². The molecular formula is C15H33N3O. The highest BCUT2D eigenvalue weighted by atomic mass is 16.1. The van der Waals surface area contributed by atoms with Crippen molar-refractivity contribution in [2.45, 2.75) is 64.8 Å². The summed E-state index contributed by atoms with van der Waals surface area (Å²) in [5, 5.41) is 9.47. The summed E-state index contributed by atoms with van der Waals surface area (Å²) in [6, 6.07) is 0.526. The van der Waals surface area contributed by atoms with Gasteiger partial charge >= 0.3 is 0 Å². The molecule has 0 fully saturated rings. The first-order chi connectivity index (χ1) is 9.16. The fourth-order valence-corrected chi connectivity index (χ4v) is 1.91. The molecule has 0 radical (unpaired) electrons. The van der Waals surface area contributed by atoms with Gasteiger partial charge in [-0.1, -0.05) is 33.1 Å². The standard InChI is InChI=1S/C15H33N3O/c1-14(2)17-12-9-13-18-15(19)10-7-5-4-6-8-11-16-3/h14,16-17H,4-13H2,1-3H3,(H,18,19). The molecule has 0 aromatic heterocycles. The van der Waals surface area contributed by atoms with Crippen LogP contribution in [0.3, 0.4) is 0 Å². The van der Waals surface area contributed by atoms with Crippen LogP contribution in [0.4, 0.5) is 0 Å². The zero-order chi connectivity index (χ0) is 14.3. The summed E-state index contributed by atoms with van der Waals surface area (Å²) in [6.07, 6.45) is 7.64. The number of rotatable bonds is 13. The molecule has 0 bridgehead atoms. The molecule has 3 N–H and O–H groups in total. The Labute approximate surface area is 119 Å². The van der Waals surface area contributed by atoms with E-state index in [0.717, 1.165) is 32.5 Å². The lowest BCUT2D eigenvalue weighted by molar-refractivity contribution is -0.121. The quantitative estimate of drug-likeness (QED) is 0.449. The van der Waals surface area contributed by atoms with E-state index in [4.69, 9.17) is 0 Å². The van der Waals surface area contributed by atoms with Crippen LogP contribution in [0.2, 0.25) is 0 Å². The monoisotopic (exact) mass is 271 g/mol. The topological polar surface area (TPSA) is 53.2 Å². The normalized spacial score (nSPS) is 10.9. The number of carbonyl (C=O) groups is 1. The highest BCUT2D eigenvalue weighted by Gasteiger charge is 2.00. The lowest BCUT2D eigenvalue weighted by Crippen LogP contribution is -2.29. The molecule has 0 saturated heterocycles. The van der Waals surface area contributed by atoms with E-state index < -0.39 is 0 Å². The molecule has 0 aromatic carbocycles. The number of amides is 1. The number of hydrogen-bond acceptors (Lipinski definition) is 3. The van der Waals surface area contributed by atoms with Gasteiger partial charge in [0.05, 0.1) is 0 Å². The summed E-state index contributed by atoms with van der Waals surface area (Å²) in [6.45, 7) is 7.14. The predicted molar refractivity (Wildman–Crippen MR) is 82.4 cm³/mol. The van der Waals surface area contributed by atoms with Crippen molar-refractivity contribution in [3.8, 4) is 0 Å². The molecule has 1 amide bonds. The summed E-state index contributed by atoms with van der Waals surface area (Å²) >= 11 is 0. The van der Waals surface area contributed by atoms with Crippen molar-refractivity contribution in [2.75, 3.05) is 26.7 Å². The number of hydrogen-bond donors (Lipinski definition) is 3. The molecule has 4 heteroatoms. The van der Waals surface area contributed by atoms with Gasteiger partial charge in [0.1, 0.15) is 0 Å². The van der Waals surface area contributed by atoms with Gasteiger partial charge in [-0.2, -0.15) is 0 Å². The number of carbonyl (C=O) groups excluding carboxylic acids is 1. The molecule has 0 aromatic rings. The van der Waals surface area contributed by atoms with Crippen LogP contribution in [0.15, 0.2) is 0 Å². The largest absolute Gasteiger partial charge is 0.356 e. The zero-order valence-electron chi connectivity index (χ0n) is 13.1. The predicted octanol–water partition coefficient (Wildman–Crippen LogP) is 2.05. The highest BCUT2D eigenvalue weighted by Crippen LogP contribution is 2.04. The molecule has 0 aliphatic carbocycles. The number of unbranched alkanes of at least 4 members (excludes halogenated alkanes) is 4. The van der Waals surface area contributed by atoms with E-state index in [2.05, 4.69) is 29.8 Å². The third kappa shape index (κ3) is 15.3. The maximum absolute atomic E-state index is 11.5. The van der Waals surface area contributed by atoms with Crippen molar-refractivity contribution in [2.24, 2.45) is 0 Å². The minimum absolute atomic E-state index is 0.208. The van der Waals surface area contributed by atoms with Gasteiger partial charge in [-0.15, -0.1) is 0 Å². The first-order valence-electron chi connectivity index (χ1n) is 7.81. The van der Waals surface area contributed by atoms with Crippen molar-refractivity contribution < 1.29 is 4.79 Å². The molecule has 0 rings (SSSR count). The van der Waals surface area contributed by atoms with Gasteiger partial charge in [0.2, 0.25) is 5.91 Å². The van der Waals surface area contributed by atoms with Gasteiger partial charge in [0, 0.05) is 19.0 Å². The second-order valence-electron chi connectivity index (χ2n) is 5.43. The number of nitrogens with one attached hydrogen (secondary N) is 3. The Hall–Kier alpha value is -0.610. The van der Waals surface area contributed by atoms with Gasteiger partial charge in [-0.25, -0.2) is 0 Å². The second kappa shape index (κ2) is 13.8. The molecule has 0 aliphatic rings. The van der Waals surface area contributed by atoms with Crippen LogP contribution in [0.1, 0.15) is 58.8 Å². The van der Waals surface area contributed by atoms with Crippen molar-refractivity contribution in [1.82, 2.24) is 16.0 Å². The van der Waals surface area contributed by atoms with E-state index in [0.29, 0.717) is 12.5 Å². The van der Waals surface area contributed by atoms with Gasteiger partial charge < -0.3 is 16.0 Å². The Kier molecular flexibility index (Phi) is 13.4. The van der Waals surface area contributed by atoms with Crippen LogP contribution in [-0.4, -0.2) is 38.6 Å². The maximum Gasteiger partial charge on any atom is 0.219 e. The average Bonchev–Trinajstić information content (AvgIpc) is 2.37. The summed E-state index contributed by atoms with van der Waals surface area (Å²) in [7, 11) is 1.99. The molecule has 114 valence electrons. The van der Waals surface area contributed by atoms with E-state index in [1.807, 2.05) is 7.05 Å². The Morgan fingerprint density at radius 2 is 1.58 bits per heavy atom. The van der Waals surface area contributed by atoms with Crippen LogP contribution >= 0.6 is 0 Å². The van der Waals surface area contributed by atoms with Gasteiger partial charge in [-0.3, -0.25) is 4.79 Å². The zero-order valence-corrected chi connectivity index (χ0v) is 13.1. The average molecular weight is 271 g/mol. The maximum atomic E-state index is 11.5. The molecule has 0 atom stereocenters. The van der Waals surface area contributed by atoms with Crippen LogP contribution in [-0.2, 0) is 4.79 Å². The first kappa shape index (κ1) is 18.4. The smallest absolute Gasteiger partial charge is 0.219 e. The second-order valence-corrected chi connectivity index (χ2v) is 5.43. The van der Waals surface area contributed by atoms with Crippen LogP contribution in [0.25, 0.3) is 0 Å². The van der Waals surface area contributed by atoms with Crippen molar-refractivity contribution >= 4 is 5.91 Å². The van der Waals surface area contributed by atoms with E-state index in [-0.39, 0.29) is 5.91 Å². The third-order valence-corrected chi connectivity index (χ3v) is 3.06. The minimum atomic E-state index is 0.208. The molecule has 4 nitrogen and oxygen atoms in total. The Balaban J connectivity index is 3.17. The lowest BCUT2D eigenvalue weighted by Gasteiger charge is -2.08. The summed E-state index contributed by atoms with van der Waals surface area (Å²) in [5.74, 6) is 0.208. The molecule has 0 aliphatic heterocycles. The Bertz CT molecular complexity index is 208. The summed E-state index contributed by atoms with van der Waals surface area (Å²) < 4.78 is 0. The van der Waals surface area contributed by atoms with Crippen molar-refractivity contribution in [3.63, 3.8) is 0 Å². The molecule has 19 heavy (non-hydrogen) atoms. The molecule has 0 unspecified atom stereocenters. The van der Waals surface area contributed by atoms with Crippen LogP contribution in [0.5, 0.6) is 0 Å². The fraction of sp³-hybridized carbons (Fsp3) is 0.933. The summed E-state index contributed by atoms with van der Waals surface area (Å²) in [5.41, 5.74) is 0. The van der Waals surface area contributed by atoms with Crippen LogP contribution < -0.4 is 16.0 Å². The molecule has 0 spiro atoms. The molecular weight excluding hydrogens is 238 g/mol.